The molecule has 1 unspecified atom stereocenters. The number of hydrazine groups is 1. The van der Waals surface area contributed by atoms with Crippen LogP contribution in [0, 0.1) is 6.92 Å². The van der Waals surface area contributed by atoms with Gasteiger partial charge in [0, 0.05) is 6.07 Å². The number of anilines is 1. The van der Waals surface area contributed by atoms with Gasteiger partial charge in [0.2, 0.25) is 11.8 Å². The highest BCUT2D eigenvalue weighted by Gasteiger charge is 2.27. The van der Waals surface area contributed by atoms with Crippen molar-refractivity contribution in [2.45, 2.75) is 19.4 Å². The lowest BCUT2D eigenvalue weighted by Gasteiger charge is -2.06. The summed E-state index contributed by atoms with van der Waals surface area (Å²) in [5.74, 6) is 0.436. The first-order valence-corrected chi connectivity index (χ1v) is 4.44. The second-order valence-corrected chi connectivity index (χ2v) is 3.26. The van der Waals surface area contributed by atoms with E-state index in [0.29, 0.717) is 11.6 Å². The third kappa shape index (κ3) is 2.13. The van der Waals surface area contributed by atoms with Gasteiger partial charge in [-0.1, -0.05) is 5.16 Å². The van der Waals surface area contributed by atoms with E-state index in [1.807, 2.05) is 0 Å². The van der Waals surface area contributed by atoms with E-state index in [0.717, 1.165) is 0 Å². The van der Waals surface area contributed by atoms with Gasteiger partial charge in [0.25, 0.3) is 0 Å². The third-order valence-electron chi connectivity index (χ3n) is 1.97. The lowest BCUT2D eigenvalue weighted by atomic mass is 10.2. The van der Waals surface area contributed by atoms with Crippen molar-refractivity contribution >= 4 is 17.6 Å². The van der Waals surface area contributed by atoms with Crippen molar-refractivity contribution < 1.29 is 14.1 Å². The Balaban J connectivity index is 1.95. The summed E-state index contributed by atoms with van der Waals surface area (Å²) in [4.78, 5) is 22.3. The number of hydrogen-bond acceptors (Lipinski definition) is 5. The van der Waals surface area contributed by atoms with E-state index in [-0.39, 0.29) is 18.2 Å². The highest BCUT2D eigenvalue weighted by Crippen LogP contribution is 2.08. The van der Waals surface area contributed by atoms with Gasteiger partial charge >= 0.3 is 0 Å². The summed E-state index contributed by atoms with van der Waals surface area (Å²) in [5, 5.41) is 6.13. The molecule has 7 nitrogen and oxygen atoms in total. The Bertz CT molecular complexity index is 400. The van der Waals surface area contributed by atoms with Gasteiger partial charge in [-0.15, -0.1) is 0 Å². The van der Waals surface area contributed by atoms with Crippen molar-refractivity contribution in [3.8, 4) is 0 Å². The van der Waals surface area contributed by atoms with Crippen LogP contribution in [-0.4, -0.2) is 23.0 Å². The number of nitrogens with one attached hydrogen (secondary N) is 3. The summed E-state index contributed by atoms with van der Waals surface area (Å²) >= 11 is 0. The molecule has 1 aliphatic heterocycles. The van der Waals surface area contributed by atoms with E-state index >= 15 is 0 Å². The summed E-state index contributed by atoms with van der Waals surface area (Å²) in [6, 6.07) is 1.04. The zero-order chi connectivity index (χ0) is 10.8. The molecule has 1 aromatic rings. The quantitative estimate of drug-likeness (QED) is 0.600. The highest BCUT2D eigenvalue weighted by atomic mass is 16.5. The van der Waals surface area contributed by atoms with Crippen LogP contribution in [0.4, 0.5) is 5.82 Å². The van der Waals surface area contributed by atoms with Gasteiger partial charge in [0.15, 0.2) is 5.82 Å². The summed E-state index contributed by atoms with van der Waals surface area (Å²) in [6.07, 6.45) is 0.128. The summed E-state index contributed by atoms with van der Waals surface area (Å²) in [5.41, 5.74) is 4.91. The predicted octanol–water partition coefficient (Wildman–Crippen LogP) is -0.685. The molecule has 0 aliphatic carbocycles. The average molecular weight is 210 g/mol. The normalized spacial score (nSPS) is 20.1. The van der Waals surface area contributed by atoms with E-state index in [1.165, 1.54) is 0 Å². The molecule has 1 aliphatic rings. The van der Waals surface area contributed by atoms with Crippen molar-refractivity contribution in [3.63, 3.8) is 0 Å². The molecule has 0 bridgehead atoms. The Morgan fingerprint density at radius 1 is 1.73 bits per heavy atom. The Morgan fingerprint density at radius 2 is 2.53 bits per heavy atom. The molecular formula is C8H10N4O3. The first-order valence-electron chi connectivity index (χ1n) is 4.44. The second-order valence-electron chi connectivity index (χ2n) is 3.26. The van der Waals surface area contributed by atoms with Gasteiger partial charge in [-0.2, -0.15) is 0 Å². The van der Waals surface area contributed by atoms with Crippen molar-refractivity contribution in [1.82, 2.24) is 16.0 Å². The maximum absolute atomic E-state index is 11.5. The Morgan fingerprint density at radius 3 is 3.07 bits per heavy atom. The fraction of sp³-hybridized carbons (Fsp3) is 0.375. The average Bonchev–Trinajstić information content (AvgIpc) is 2.75. The molecule has 1 aromatic heterocycles. The molecule has 1 fully saturated rings. The van der Waals surface area contributed by atoms with Crippen LogP contribution >= 0.6 is 0 Å². The van der Waals surface area contributed by atoms with Crippen molar-refractivity contribution in [2.24, 2.45) is 0 Å². The molecule has 1 saturated heterocycles. The van der Waals surface area contributed by atoms with Gasteiger partial charge in [-0.05, 0) is 6.92 Å². The zero-order valence-electron chi connectivity index (χ0n) is 8.03. The lowest BCUT2D eigenvalue weighted by Crippen LogP contribution is -2.39. The molecule has 1 atom stereocenters. The number of rotatable bonds is 2. The number of aromatic nitrogens is 1. The zero-order valence-corrected chi connectivity index (χ0v) is 8.03. The molecule has 7 heteroatoms. The number of hydrogen-bond donors (Lipinski definition) is 3. The van der Waals surface area contributed by atoms with E-state index in [9.17, 15) is 9.59 Å². The molecule has 0 saturated carbocycles. The van der Waals surface area contributed by atoms with Crippen LogP contribution in [0.5, 0.6) is 0 Å². The molecule has 2 amide bonds. The maximum Gasteiger partial charge on any atom is 0.245 e. The standard InChI is InChI=1S/C8H10N4O3/c1-4-2-6(12-15-4)9-8(14)5-3-7(13)11-10-5/h2,5,10H,3H2,1H3,(H,11,13)(H,9,12,14). The second kappa shape index (κ2) is 3.70. The highest BCUT2D eigenvalue weighted by molar-refractivity contribution is 5.98. The minimum atomic E-state index is -0.561. The third-order valence-corrected chi connectivity index (χ3v) is 1.97. The van der Waals surface area contributed by atoms with Gasteiger partial charge in [-0.25, -0.2) is 5.43 Å². The van der Waals surface area contributed by atoms with E-state index in [2.05, 4.69) is 21.3 Å². The molecule has 0 spiro atoms. The smallest absolute Gasteiger partial charge is 0.245 e. The van der Waals surface area contributed by atoms with E-state index < -0.39 is 6.04 Å². The van der Waals surface area contributed by atoms with Gasteiger partial charge in [0.1, 0.15) is 11.8 Å². The first-order chi connectivity index (χ1) is 7.15. The topological polar surface area (TPSA) is 96.3 Å². The van der Waals surface area contributed by atoms with Crippen LogP contribution < -0.4 is 16.2 Å². The van der Waals surface area contributed by atoms with E-state index in [1.54, 1.807) is 13.0 Å². The number of aryl methyl sites for hydroxylation is 1. The van der Waals surface area contributed by atoms with Crippen molar-refractivity contribution in [2.75, 3.05) is 5.32 Å². The largest absolute Gasteiger partial charge is 0.360 e. The number of carbonyl (C=O) groups excluding carboxylic acids is 2. The van der Waals surface area contributed by atoms with Crippen molar-refractivity contribution in [1.29, 1.82) is 0 Å². The monoisotopic (exact) mass is 210 g/mol. The Hall–Kier alpha value is -1.89. The molecule has 80 valence electrons. The molecule has 2 rings (SSSR count). The summed E-state index contributed by atoms with van der Waals surface area (Å²) < 4.78 is 4.78. The fourth-order valence-electron chi connectivity index (χ4n) is 1.25. The van der Waals surface area contributed by atoms with Crippen molar-refractivity contribution in [3.05, 3.63) is 11.8 Å². The minimum Gasteiger partial charge on any atom is -0.360 e. The summed E-state index contributed by atoms with van der Waals surface area (Å²) in [7, 11) is 0. The van der Waals surface area contributed by atoms with Crippen LogP contribution in [0.15, 0.2) is 10.6 Å². The lowest BCUT2D eigenvalue weighted by molar-refractivity contribution is -0.121. The molecule has 0 radical (unpaired) electrons. The number of amides is 2. The molecule has 0 aromatic carbocycles. The van der Waals surface area contributed by atoms with Crippen LogP contribution in [0.1, 0.15) is 12.2 Å². The summed E-state index contributed by atoms with van der Waals surface area (Å²) in [6.45, 7) is 1.72. The van der Waals surface area contributed by atoms with Gasteiger partial charge in [-0.3, -0.25) is 15.0 Å². The van der Waals surface area contributed by atoms with Crippen LogP contribution in [0.3, 0.4) is 0 Å². The molecule has 15 heavy (non-hydrogen) atoms. The van der Waals surface area contributed by atoms with Crippen LogP contribution in [-0.2, 0) is 9.59 Å². The Kier molecular flexibility index (Phi) is 2.38. The van der Waals surface area contributed by atoms with E-state index in [4.69, 9.17) is 4.52 Å². The predicted molar refractivity (Wildman–Crippen MR) is 49.6 cm³/mol. The van der Waals surface area contributed by atoms with Gasteiger partial charge in [0.05, 0.1) is 6.42 Å². The molecule has 2 heterocycles. The molecule has 3 N–H and O–H groups in total. The Labute approximate surface area is 85.2 Å². The fourth-order valence-corrected chi connectivity index (χ4v) is 1.25. The van der Waals surface area contributed by atoms with Gasteiger partial charge < -0.3 is 9.84 Å². The first kappa shape index (κ1) is 9.66. The number of nitrogens with zero attached hydrogens (tertiary/aromatic N) is 1. The number of carbonyl (C=O) groups is 2. The minimum absolute atomic E-state index is 0.128. The van der Waals surface area contributed by atoms with Crippen LogP contribution in [0.25, 0.3) is 0 Å². The SMILES string of the molecule is Cc1cc(NC(=O)C2CC(=O)NN2)no1. The maximum atomic E-state index is 11.5. The van der Waals surface area contributed by atoms with Crippen LogP contribution in [0.2, 0.25) is 0 Å². The molecular weight excluding hydrogens is 200 g/mol.